The maximum Gasteiger partial charge on any atom is 0.241 e. The van der Waals surface area contributed by atoms with Crippen molar-refractivity contribution in [2.45, 2.75) is 33.4 Å². The minimum absolute atomic E-state index is 0.0891. The van der Waals surface area contributed by atoms with Crippen LogP contribution >= 0.6 is 0 Å². The highest BCUT2D eigenvalue weighted by molar-refractivity contribution is 5.95. The molecule has 0 aliphatic rings. The van der Waals surface area contributed by atoms with Gasteiger partial charge in [-0.1, -0.05) is 12.1 Å². The van der Waals surface area contributed by atoms with Crippen LogP contribution in [0.5, 0.6) is 0 Å². The van der Waals surface area contributed by atoms with E-state index >= 15 is 0 Å². The Morgan fingerprint density at radius 2 is 1.96 bits per heavy atom. The van der Waals surface area contributed by atoms with E-state index in [-0.39, 0.29) is 17.8 Å². The zero-order valence-corrected chi connectivity index (χ0v) is 14.2. The summed E-state index contributed by atoms with van der Waals surface area (Å²) >= 11 is 0. The first-order chi connectivity index (χ1) is 10.8. The number of hydrogen-bond donors (Lipinski definition) is 1. The third-order valence-corrected chi connectivity index (χ3v) is 4.14. The molecule has 1 aromatic carbocycles. The first kappa shape index (κ1) is 17.1. The number of carbonyl (C=O) groups is 1. The number of benzene rings is 1. The van der Waals surface area contributed by atoms with Gasteiger partial charge < -0.3 is 5.32 Å². The number of aryl methyl sites for hydroxylation is 2. The fourth-order valence-electron chi connectivity index (χ4n) is 2.40. The van der Waals surface area contributed by atoms with Crippen molar-refractivity contribution >= 4 is 11.6 Å². The molecule has 1 heterocycles. The van der Waals surface area contributed by atoms with Crippen molar-refractivity contribution in [3.05, 3.63) is 47.0 Å². The summed E-state index contributed by atoms with van der Waals surface area (Å²) in [5.41, 5.74) is 3.44. The van der Waals surface area contributed by atoms with Crippen LogP contribution in [-0.4, -0.2) is 33.7 Å². The Kier molecular flexibility index (Phi) is 5.15. The van der Waals surface area contributed by atoms with Crippen molar-refractivity contribution in [2.24, 2.45) is 7.05 Å². The third-order valence-electron chi connectivity index (χ3n) is 4.14. The topological polar surface area (TPSA) is 50.2 Å². The molecule has 1 aromatic heterocycles. The van der Waals surface area contributed by atoms with Crippen molar-refractivity contribution in [3.8, 4) is 0 Å². The Bertz CT molecular complexity index is 693. The molecule has 124 valence electrons. The Morgan fingerprint density at radius 1 is 1.35 bits per heavy atom. The van der Waals surface area contributed by atoms with Crippen LogP contribution < -0.4 is 5.32 Å². The second kappa shape index (κ2) is 6.91. The van der Waals surface area contributed by atoms with Crippen LogP contribution in [0.3, 0.4) is 0 Å². The van der Waals surface area contributed by atoms with Gasteiger partial charge in [-0.05, 0) is 45.5 Å². The van der Waals surface area contributed by atoms with Gasteiger partial charge in [0.05, 0.1) is 23.1 Å². The lowest BCUT2D eigenvalue weighted by Crippen LogP contribution is -2.39. The summed E-state index contributed by atoms with van der Waals surface area (Å²) in [4.78, 5) is 14.4. The number of nitrogens with zero attached hydrogens (tertiary/aromatic N) is 3. The van der Waals surface area contributed by atoms with Crippen LogP contribution in [0.25, 0.3) is 0 Å². The van der Waals surface area contributed by atoms with Gasteiger partial charge in [0.1, 0.15) is 5.82 Å². The highest BCUT2D eigenvalue weighted by Gasteiger charge is 2.21. The van der Waals surface area contributed by atoms with Crippen LogP contribution in [0.4, 0.5) is 10.1 Å². The van der Waals surface area contributed by atoms with Crippen LogP contribution in [0.2, 0.25) is 0 Å². The molecule has 1 N–H and O–H groups in total. The van der Waals surface area contributed by atoms with Crippen molar-refractivity contribution < 1.29 is 9.18 Å². The molecule has 0 bridgehead atoms. The molecule has 0 fully saturated rings. The minimum atomic E-state index is -0.320. The van der Waals surface area contributed by atoms with E-state index in [1.165, 1.54) is 12.1 Å². The first-order valence-electron chi connectivity index (χ1n) is 7.55. The smallest absolute Gasteiger partial charge is 0.241 e. The number of hydrogen-bond acceptors (Lipinski definition) is 3. The molecule has 1 atom stereocenters. The highest BCUT2D eigenvalue weighted by atomic mass is 19.1. The summed E-state index contributed by atoms with van der Waals surface area (Å²) in [6, 6.07) is 5.99. The molecule has 0 saturated heterocycles. The molecule has 2 aromatic rings. The third kappa shape index (κ3) is 3.96. The second-order valence-electron chi connectivity index (χ2n) is 5.88. The summed E-state index contributed by atoms with van der Waals surface area (Å²) in [6.07, 6.45) is 0. The van der Waals surface area contributed by atoms with Crippen LogP contribution in [0.1, 0.15) is 23.9 Å². The summed E-state index contributed by atoms with van der Waals surface area (Å²) in [5.74, 6) is -0.349. The maximum atomic E-state index is 12.9. The Morgan fingerprint density at radius 3 is 2.48 bits per heavy atom. The largest absolute Gasteiger partial charge is 0.322 e. The average Bonchev–Trinajstić information content (AvgIpc) is 2.75. The van der Waals surface area contributed by atoms with Gasteiger partial charge in [-0.15, -0.1) is 0 Å². The van der Waals surface area contributed by atoms with E-state index in [9.17, 15) is 9.18 Å². The Balaban J connectivity index is 2.02. The van der Waals surface area contributed by atoms with E-state index in [0.29, 0.717) is 6.54 Å². The number of anilines is 1. The molecule has 6 heteroatoms. The van der Waals surface area contributed by atoms with Crippen molar-refractivity contribution in [3.63, 3.8) is 0 Å². The van der Waals surface area contributed by atoms with Gasteiger partial charge in [-0.3, -0.25) is 14.4 Å². The van der Waals surface area contributed by atoms with Crippen molar-refractivity contribution in [2.75, 3.05) is 12.4 Å². The quantitative estimate of drug-likeness (QED) is 0.922. The minimum Gasteiger partial charge on any atom is -0.322 e. The zero-order chi connectivity index (χ0) is 17.1. The molecule has 0 spiro atoms. The van der Waals surface area contributed by atoms with Gasteiger partial charge in [0, 0.05) is 13.6 Å². The zero-order valence-electron chi connectivity index (χ0n) is 14.2. The molecule has 2 rings (SSSR count). The average molecular weight is 318 g/mol. The number of likely N-dealkylation sites (N-methyl/N-ethyl adjacent to an activating group) is 1. The molecule has 0 aliphatic heterocycles. The van der Waals surface area contributed by atoms with E-state index in [1.807, 2.05) is 39.8 Å². The second-order valence-corrected chi connectivity index (χ2v) is 5.88. The molecule has 23 heavy (non-hydrogen) atoms. The van der Waals surface area contributed by atoms with E-state index in [0.717, 1.165) is 22.6 Å². The summed E-state index contributed by atoms with van der Waals surface area (Å²) in [7, 11) is 3.72. The van der Waals surface area contributed by atoms with Crippen molar-refractivity contribution in [1.82, 2.24) is 14.7 Å². The van der Waals surface area contributed by atoms with E-state index < -0.39 is 0 Å². The van der Waals surface area contributed by atoms with Gasteiger partial charge in [-0.2, -0.15) is 5.10 Å². The number of amides is 1. The lowest BCUT2D eigenvalue weighted by atomic mass is 10.2. The number of carbonyl (C=O) groups excluding carboxylic acids is 1. The molecular formula is C17H23FN4O. The normalized spacial score (nSPS) is 12.5. The lowest BCUT2D eigenvalue weighted by Gasteiger charge is -2.24. The number of aromatic nitrogens is 2. The van der Waals surface area contributed by atoms with Gasteiger partial charge >= 0.3 is 0 Å². The fourth-order valence-corrected chi connectivity index (χ4v) is 2.40. The van der Waals surface area contributed by atoms with E-state index in [1.54, 1.807) is 16.8 Å². The lowest BCUT2D eigenvalue weighted by molar-refractivity contribution is -0.120. The summed E-state index contributed by atoms with van der Waals surface area (Å²) in [5, 5.41) is 7.25. The van der Waals surface area contributed by atoms with Gasteiger partial charge in [0.2, 0.25) is 5.91 Å². The van der Waals surface area contributed by atoms with Crippen LogP contribution in [0, 0.1) is 19.7 Å². The van der Waals surface area contributed by atoms with Gasteiger partial charge in [-0.25, -0.2) is 4.39 Å². The molecule has 1 amide bonds. The Hall–Kier alpha value is -2.21. The number of nitrogens with one attached hydrogen (secondary N) is 1. The number of rotatable bonds is 5. The van der Waals surface area contributed by atoms with Gasteiger partial charge in [0.15, 0.2) is 0 Å². The summed E-state index contributed by atoms with van der Waals surface area (Å²) in [6.45, 7) is 6.21. The highest BCUT2D eigenvalue weighted by Crippen LogP contribution is 2.19. The van der Waals surface area contributed by atoms with Crippen LogP contribution in [0.15, 0.2) is 24.3 Å². The van der Waals surface area contributed by atoms with Gasteiger partial charge in [0.25, 0.3) is 0 Å². The number of halogens is 1. The molecule has 0 radical (unpaired) electrons. The predicted molar refractivity (Wildman–Crippen MR) is 88.6 cm³/mol. The molecule has 1 unspecified atom stereocenters. The van der Waals surface area contributed by atoms with E-state index in [4.69, 9.17) is 0 Å². The molecule has 0 saturated carbocycles. The molecular weight excluding hydrogens is 295 g/mol. The standard InChI is InChI=1S/C17H23FN4O/c1-11-16(12(2)22(5)20-11)19-17(23)13(3)21(4)10-14-6-8-15(18)9-7-14/h6-9,13H,10H2,1-5H3,(H,19,23). The fraction of sp³-hybridized carbons (Fsp3) is 0.412. The predicted octanol–water partition coefficient (Wildman–Crippen LogP) is 2.64. The Labute approximate surface area is 136 Å². The monoisotopic (exact) mass is 318 g/mol. The molecule has 0 aliphatic carbocycles. The molecule has 5 nitrogen and oxygen atoms in total. The summed E-state index contributed by atoms with van der Waals surface area (Å²) < 4.78 is 14.7. The SMILES string of the molecule is Cc1nn(C)c(C)c1NC(=O)C(C)N(C)Cc1ccc(F)cc1. The maximum absolute atomic E-state index is 12.9. The van der Waals surface area contributed by atoms with E-state index in [2.05, 4.69) is 10.4 Å². The van der Waals surface area contributed by atoms with Crippen molar-refractivity contribution in [1.29, 1.82) is 0 Å². The first-order valence-corrected chi connectivity index (χ1v) is 7.55. The van der Waals surface area contributed by atoms with Crippen LogP contribution in [-0.2, 0) is 18.4 Å².